The Balaban J connectivity index is 1.70. The molecule has 3 amide bonds. The van der Waals surface area contributed by atoms with E-state index in [0.717, 1.165) is 17.2 Å². The van der Waals surface area contributed by atoms with Crippen molar-refractivity contribution in [3.05, 3.63) is 59.2 Å². The van der Waals surface area contributed by atoms with E-state index in [1.54, 1.807) is 18.2 Å². The molecule has 1 heterocycles. The maximum Gasteiger partial charge on any atom is 0.418 e. The minimum absolute atomic E-state index is 0.260. The van der Waals surface area contributed by atoms with E-state index in [4.69, 9.17) is 5.11 Å². The second kappa shape index (κ2) is 7.18. The van der Waals surface area contributed by atoms with Crippen molar-refractivity contribution < 1.29 is 27.9 Å². The third-order valence-electron chi connectivity index (χ3n) is 4.23. The summed E-state index contributed by atoms with van der Waals surface area (Å²) in [5.74, 6) is 0. The molecule has 0 fully saturated rings. The molecule has 2 aromatic carbocycles. The number of hydrogen-bond donors (Lipinski definition) is 3. The lowest BCUT2D eigenvalue weighted by atomic mass is 9.99. The number of rotatable bonds is 2. The average molecular weight is 379 g/mol. The van der Waals surface area contributed by atoms with Gasteiger partial charge < -0.3 is 20.6 Å². The lowest BCUT2D eigenvalue weighted by Gasteiger charge is -2.26. The number of nitrogens with one attached hydrogen (secondary N) is 2. The molecule has 1 aliphatic rings. The maximum atomic E-state index is 13.0. The number of nitrogens with zero attached hydrogens (tertiary/aromatic N) is 1. The van der Waals surface area contributed by atoms with E-state index in [0.29, 0.717) is 18.7 Å². The second-order valence-corrected chi connectivity index (χ2v) is 6.06. The van der Waals surface area contributed by atoms with E-state index in [1.807, 2.05) is 0 Å². The third kappa shape index (κ3) is 4.30. The molecule has 0 saturated carbocycles. The van der Waals surface area contributed by atoms with Crippen LogP contribution in [0.15, 0.2) is 42.5 Å². The fourth-order valence-corrected chi connectivity index (χ4v) is 2.92. The number of urea groups is 1. The summed E-state index contributed by atoms with van der Waals surface area (Å²) in [5.41, 5.74) is 0.870. The Morgan fingerprint density at radius 3 is 2.48 bits per heavy atom. The summed E-state index contributed by atoms with van der Waals surface area (Å²) in [4.78, 5) is 24.4. The zero-order valence-corrected chi connectivity index (χ0v) is 14.0. The Morgan fingerprint density at radius 2 is 1.78 bits per heavy atom. The van der Waals surface area contributed by atoms with Crippen LogP contribution in [0.1, 0.15) is 16.7 Å². The summed E-state index contributed by atoms with van der Waals surface area (Å²) in [6.07, 6.45) is -5.08. The first-order valence-electron chi connectivity index (χ1n) is 8.08. The SMILES string of the molecule is O=C(Nc1ccc2c(c1)CCN(C(=O)O)C2)Nc1ccccc1C(F)(F)F. The molecule has 9 heteroatoms. The number of alkyl halides is 3. The number of fused-ring (bicyclic) bond motifs is 1. The van der Waals surface area contributed by atoms with Crippen molar-refractivity contribution in [1.29, 1.82) is 0 Å². The third-order valence-corrected chi connectivity index (χ3v) is 4.23. The van der Waals surface area contributed by atoms with Gasteiger partial charge in [-0.25, -0.2) is 9.59 Å². The van der Waals surface area contributed by atoms with Crippen LogP contribution in [0.2, 0.25) is 0 Å². The summed E-state index contributed by atoms with van der Waals surface area (Å²) in [7, 11) is 0. The Morgan fingerprint density at radius 1 is 1.04 bits per heavy atom. The Hall–Kier alpha value is -3.23. The van der Waals surface area contributed by atoms with E-state index in [-0.39, 0.29) is 12.2 Å². The van der Waals surface area contributed by atoms with Gasteiger partial charge >= 0.3 is 18.3 Å². The molecule has 0 bridgehead atoms. The molecule has 2 aromatic rings. The van der Waals surface area contributed by atoms with Gasteiger partial charge in [0.05, 0.1) is 11.3 Å². The highest BCUT2D eigenvalue weighted by molar-refractivity contribution is 6.00. The van der Waals surface area contributed by atoms with Crippen LogP contribution in [-0.2, 0) is 19.1 Å². The molecule has 27 heavy (non-hydrogen) atoms. The largest absolute Gasteiger partial charge is 0.465 e. The lowest BCUT2D eigenvalue weighted by Crippen LogP contribution is -2.34. The predicted molar refractivity (Wildman–Crippen MR) is 92.7 cm³/mol. The number of carbonyl (C=O) groups excluding carboxylic acids is 1. The van der Waals surface area contributed by atoms with Crippen LogP contribution in [-0.4, -0.2) is 28.7 Å². The summed E-state index contributed by atoms with van der Waals surface area (Å²) in [6, 6.07) is 8.90. The van der Waals surface area contributed by atoms with Crippen LogP contribution in [0.4, 0.5) is 34.1 Å². The molecular formula is C18H16F3N3O3. The first-order valence-corrected chi connectivity index (χ1v) is 8.08. The van der Waals surface area contributed by atoms with E-state index in [1.165, 1.54) is 23.1 Å². The minimum atomic E-state index is -4.58. The molecule has 142 valence electrons. The van der Waals surface area contributed by atoms with E-state index >= 15 is 0 Å². The molecule has 0 saturated heterocycles. The number of para-hydroxylation sites is 1. The fraction of sp³-hybridized carbons (Fsp3) is 0.222. The van der Waals surface area contributed by atoms with E-state index in [2.05, 4.69) is 10.6 Å². The van der Waals surface area contributed by atoms with Gasteiger partial charge in [-0.05, 0) is 41.8 Å². The molecule has 0 unspecified atom stereocenters. The normalized spacial score (nSPS) is 13.7. The summed E-state index contributed by atoms with van der Waals surface area (Å²) < 4.78 is 39.0. The van der Waals surface area contributed by atoms with Crippen molar-refractivity contribution in [1.82, 2.24) is 4.90 Å². The molecule has 0 radical (unpaired) electrons. The molecular weight excluding hydrogens is 363 g/mol. The highest BCUT2D eigenvalue weighted by Gasteiger charge is 2.33. The molecule has 0 atom stereocenters. The molecule has 3 N–H and O–H groups in total. The van der Waals surface area contributed by atoms with Crippen LogP contribution >= 0.6 is 0 Å². The predicted octanol–water partition coefficient (Wildman–Crippen LogP) is 4.39. The van der Waals surface area contributed by atoms with Crippen LogP contribution in [0.25, 0.3) is 0 Å². The summed E-state index contributed by atoms with van der Waals surface area (Å²) >= 11 is 0. The van der Waals surface area contributed by atoms with Gasteiger partial charge in [-0.3, -0.25) is 0 Å². The van der Waals surface area contributed by atoms with Gasteiger partial charge in [0.15, 0.2) is 0 Å². The van der Waals surface area contributed by atoms with Gasteiger partial charge in [-0.15, -0.1) is 0 Å². The van der Waals surface area contributed by atoms with Crippen LogP contribution in [0.5, 0.6) is 0 Å². The second-order valence-electron chi connectivity index (χ2n) is 6.06. The Bertz CT molecular complexity index is 884. The van der Waals surface area contributed by atoms with Crippen molar-refractivity contribution >= 4 is 23.5 Å². The van der Waals surface area contributed by atoms with Crippen molar-refractivity contribution in [2.75, 3.05) is 17.2 Å². The first-order chi connectivity index (χ1) is 12.7. The molecule has 0 spiro atoms. The maximum absolute atomic E-state index is 13.0. The number of hydrogen-bond acceptors (Lipinski definition) is 2. The number of halogens is 3. The van der Waals surface area contributed by atoms with Crippen molar-refractivity contribution in [3.63, 3.8) is 0 Å². The number of anilines is 2. The highest BCUT2D eigenvalue weighted by atomic mass is 19.4. The number of benzene rings is 2. The fourth-order valence-electron chi connectivity index (χ4n) is 2.92. The molecule has 6 nitrogen and oxygen atoms in total. The molecule has 1 aliphatic heterocycles. The van der Waals surface area contributed by atoms with E-state index < -0.39 is 23.9 Å². The topological polar surface area (TPSA) is 81.7 Å². The number of carbonyl (C=O) groups is 2. The minimum Gasteiger partial charge on any atom is -0.465 e. The zero-order chi connectivity index (χ0) is 19.6. The molecule has 3 rings (SSSR count). The van der Waals surface area contributed by atoms with Gasteiger partial charge in [-0.2, -0.15) is 13.2 Å². The Labute approximate surface area is 152 Å². The number of carboxylic acid groups (broad SMARTS) is 1. The van der Waals surface area contributed by atoms with Crippen LogP contribution < -0.4 is 10.6 Å². The van der Waals surface area contributed by atoms with Gasteiger partial charge in [0.2, 0.25) is 0 Å². The monoisotopic (exact) mass is 379 g/mol. The van der Waals surface area contributed by atoms with E-state index in [9.17, 15) is 22.8 Å². The Kier molecular flexibility index (Phi) is 4.93. The van der Waals surface area contributed by atoms with Crippen LogP contribution in [0, 0.1) is 0 Å². The van der Waals surface area contributed by atoms with Gasteiger partial charge in [0.1, 0.15) is 0 Å². The van der Waals surface area contributed by atoms with Crippen molar-refractivity contribution in [3.8, 4) is 0 Å². The molecule has 0 aliphatic carbocycles. The lowest BCUT2D eigenvalue weighted by molar-refractivity contribution is -0.136. The summed E-state index contributed by atoms with van der Waals surface area (Å²) in [6.45, 7) is 0.604. The van der Waals surface area contributed by atoms with Gasteiger partial charge in [-0.1, -0.05) is 18.2 Å². The van der Waals surface area contributed by atoms with Crippen LogP contribution in [0.3, 0.4) is 0 Å². The average Bonchev–Trinajstić information content (AvgIpc) is 2.60. The standard InChI is InChI=1S/C18H16F3N3O3/c19-18(20,21)14-3-1-2-4-15(14)23-16(25)22-13-6-5-12-10-24(17(26)27)8-7-11(12)9-13/h1-6,9H,7-8,10H2,(H,26,27)(H2,22,23,25). The number of amides is 3. The molecule has 0 aromatic heterocycles. The highest BCUT2D eigenvalue weighted by Crippen LogP contribution is 2.34. The van der Waals surface area contributed by atoms with Crippen molar-refractivity contribution in [2.45, 2.75) is 19.1 Å². The van der Waals surface area contributed by atoms with Crippen molar-refractivity contribution in [2.24, 2.45) is 0 Å². The smallest absolute Gasteiger partial charge is 0.418 e. The zero-order valence-electron chi connectivity index (χ0n) is 14.0. The quantitative estimate of drug-likeness (QED) is 0.724. The summed E-state index contributed by atoms with van der Waals surface area (Å²) in [5, 5.41) is 13.8. The first kappa shape index (κ1) is 18.6. The van der Waals surface area contributed by atoms with Gasteiger partial charge in [0, 0.05) is 18.8 Å². The van der Waals surface area contributed by atoms with Gasteiger partial charge in [0.25, 0.3) is 0 Å².